The number of non-ortho nitro benzene ring substituents is 1. The van der Waals surface area contributed by atoms with E-state index in [9.17, 15) is 10.1 Å². The van der Waals surface area contributed by atoms with Crippen LogP contribution >= 0.6 is 0 Å². The summed E-state index contributed by atoms with van der Waals surface area (Å²) in [7, 11) is 0. The first-order valence-electron chi connectivity index (χ1n) is 9.91. The largest absolute Gasteiger partial charge is 0.415 e. The molecule has 0 aliphatic rings. The van der Waals surface area contributed by atoms with Gasteiger partial charge < -0.3 is 9.73 Å². The number of nitrogens with zero attached hydrogens (tertiary/aromatic N) is 3. The van der Waals surface area contributed by atoms with Crippen LogP contribution in [0.1, 0.15) is 56.8 Å². The van der Waals surface area contributed by atoms with Crippen LogP contribution in [-0.4, -0.2) is 15.1 Å². The molecule has 0 amide bonds. The van der Waals surface area contributed by atoms with Crippen molar-refractivity contribution in [3.63, 3.8) is 0 Å². The highest BCUT2D eigenvalue weighted by atomic mass is 16.6. The Hall–Kier alpha value is -3.06. The fourth-order valence-electron chi connectivity index (χ4n) is 3.35. The molecule has 1 heterocycles. The van der Waals surface area contributed by atoms with E-state index in [2.05, 4.69) is 60.6 Å². The van der Waals surface area contributed by atoms with Crippen LogP contribution in [-0.2, 0) is 6.42 Å². The van der Waals surface area contributed by atoms with Gasteiger partial charge in [0.15, 0.2) is 6.04 Å². The zero-order valence-electron chi connectivity index (χ0n) is 17.2. The maximum atomic E-state index is 10.8. The smallest absolute Gasteiger partial charge is 0.274 e. The lowest BCUT2D eigenvalue weighted by Crippen LogP contribution is -2.86. The molecule has 0 fully saturated rings. The number of hydrogen-bond acceptors (Lipinski definition) is 5. The second-order valence-electron chi connectivity index (χ2n) is 7.60. The van der Waals surface area contributed by atoms with Crippen molar-refractivity contribution in [3.05, 3.63) is 75.7 Å². The normalized spacial score (nSPS) is 13.4. The standard InChI is InChI=1S/C22H26N4O3/c1-5-16-6-8-17(9-7-16)20(14(2)3)23-15(4)21-24-25-22(29-21)18-10-12-19(13-11-18)26(27)28/h6-15,20,23H,5H2,1-4H3/p+1/t15-,20+/m0/s1. The van der Waals surface area contributed by atoms with Gasteiger partial charge in [-0.05, 0) is 31.0 Å². The van der Waals surface area contributed by atoms with Crippen molar-refractivity contribution in [2.24, 2.45) is 5.92 Å². The summed E-state index contributed by atoms with van der Waals surface area (Å²) in [5.74, 6) is 1.33. The second-order valence-corrected chi connectivity index (χ2v) is 7.60. The minimum absolute atomic E-state index is 0.0208. The van der Waals surface area contributed by atoms with Gasteiger partial charge in [0.2, 0.25) is 5.89 Å². The van der Waals surface area contributed by atoms with Gasteiger partial charge in [-0.2, -0.15) is 0 Å². The first kappa shape index (κ1) is 20.7. The Bertz CT molecular complexity index is 949. The number of nitro groups is 1. The quantitative estimate of drug-likeness (QED) is 0.454. The molecule has 1 aromatic heterocycles. The Labute approximate surface area is 170 Å². The van der Waals surface area contributed by atoms with Gasteiger partial charge in [-0.15, -0.1) is 10.2 Å². The zero-order chi connectivity index (χ0) is 21.0. The summed E-state index contributed by atoms with van der Waals surface area (Å²) in [6, 6.07) is 15.1. The molecule has 7 nitrogen and oxygen atoms in total. The maximum Gasteiger partial charge on any atom is 0.274 e. The first-order valence-corrected chi connectivity index (χ1v) is 9.91. The first-order chi connectivity index (χ1) is 13.9. The van der Waals surface area contributed by atoms with Gasteiger partial charge in [-0.25, -0.2) is 0 Å². The number of aryl methyl sites for hydroxylation is 1. The number of rotatable bonds is 8. The number of benzene rings is 2. The van der Waals surface area contributed by atoms with Gasteiger partial charge in [0, 0.05) is 29.2 Å². The Morgan fingerprint density at radius 2 is 1.69 bits per heavy atom. The molecule has 3 rings (SSSR count). The molecule has 0 aliphatic heterocycles. The molecule has 0 unspecified atom stereocenters. The van der Waals surface area contributed by atoms with Crippen LogP contribution in [0.2, 0.25) is 0 Å². The number of aromatic nitrogens is 2. The SMILES string of the molecule is CCc1ccc([C@H]([NH2+][C@@H](C)c2nnc(-c3ccc([N+](=O)[O-])cc3)o2)C(C)C)cc1. The lowest BCUT2D eigenvalue weighted by molar-refractivity contribution is -0.739. The van der Waals surface area contributed by atoms with E-state index in [1.54, 1.807) is 12.1 Å². The highest BCUT2D eigenvalue weighted by molar-refractivity contribution is 5.55. The van der Waals surface area contributed by atoms with Gasteiger partial charge in [0.05, 0.1) is 4.92 Å². The molecule has 0 bridgehead atoms. The van der Waals surface area contributed by atoms with E-state index in [0.717, 1.165) is 6.42 Å². The van der Waals surface area contributed by atoms with Crippen LogP contribution < -0.4 is 5.32 Å². The van der Waals surface area contributed by atoms with Crippen molar-refractivity contribution in [1.29, 1.82) is 0 Å². The van der Waals surface area contributed by atoms with Gasteiger partial charge >= 0.3 is 0 Å². The van der Waals surface area contributed by atoms with Crippen LogP contribution in [0, 0.1) is 16.0 Å². The summed E-state index contributed by atoms with van der Waals surface area (Å²) in [5.41, 5.74) is 3.30. The Morgan fingerprint density at radius 3 is 2.24 bits per heavy atom. The summed E-state index contributed by atoms with van der Waals surface area (Å²) >= 11 is 0. The second kappa shape index (κ2) is 8.96. The summed E-state index contributed by atoms with van der Waals surface area (Å²) < 4.78 is 5.86. The van der Waals surface area contributed by atoms with E-state index in [1.165, 1.54) is 23.3 Å². The molecular weight excluding hydrogens is 368 g/mol. The van der Waals surface area contributed by atoms with Crippen molar-refractivity contribution in [3.8, 4) is 11.5 Å². The molecule has 0 radical (unpaired) electrons. The van der Waals surface area contributed by atoms with Crippen LogP contribution in [0.25, 0.3) is 11.5 Å². The van der Waals surface area contributed by atoms with Crippen molar-refractivity contribution in [1.82, 2.24) is 10.2 Å². The van der Waals surface area contributed by atoms with Crippen LogP contribution in [0.3, 0.4) is 0 Å². The average molecular weight is 395 g/mol. The molecule has 0 spiro atoms. The van der Waals surface area contributed by atoms with E-state index in [0.29, 0.717) is 23.3 Å². The monoisotopic (exact) mass is 395 g/mol. The molecular formula is C22H27N4O3+. The Kier molecular flexibility index (Phi) is 6.39. The van der Waals surface area contributed by atoms with E-state index >= 15 is 0 Å². The Balaban J connectivity index is 1.75. The zero-order valence-corrected chi connectivity index (χ0v) is 17.2. The van der Waals surface area contributed by atoms with E-state index < -0.39 is 4.92 Å². The summed E-state index contributed by atoms with van der Waals surface area (Å²) in [6.07, 6.45) is 1.03. The van der Waals surface area contributed by atoms with E-state index in [1.807, 2.05) is 6.92 Å². The van der Waals surface area contributed by atoms with Crippen molar-refractivity contribution in [2.75, 3.05) is 0 Å². The van der Waals surface area contributed by atoms with Gasteiger partial charge in [-0.1, -0.05) is 45.0 Å². The third-order valence-electron chi connectivity index (χ3n) is 5.14. The van der Waals surface area contributed by atoms with Crippen LogP contribution in [0.4, 0.5) is 5.69 Å². The molecule has 2 N–H and O–H groups in total. The molecule has 0 saturated carbocycles. The predicted octanol–water partition coefficient (Wildman–Crippen LogP) is 4.23. The van der Waals surface area contributed by atoms with Crippen molar-refractivity contribution < 1.29 is 14.7 Å². The minimum Gasteiger partial charge on any atom is -0.415 e. The van der Waals surface area contributed by atoms with Gasteiger partial charge in [0.25, 0.3) is 11.6 Å². The average Bonchev–Trinajstić information content (AvgIpc) is 3.22. The van der Waals surface area contributed by atoms with Crippen molar-refractivity contribution >= 4 is 5.69 Å². The fraction of sp³-hybridized carbons (Fsp3) is 0.364. The highest BCUT2D eigenvalue weighted by Gasteiger charge is 2.26. The molecule has 2 atom stereocenters. The number of nitro benzene ring substituents is 1. The molecule has 3 aromatic rings. The lowest BCUT2D eigenvalue weighted by Gasteiger charge is -2.22. The lowest BCUT2D eigenvalue weighted by atomic mass is 9.94. The Morgan fingerprint density at radius 1 is 1.03 bits per heavy atom. The number of nitrogens with two attached hydrogens (primary N) is 1. The third-order valence-corrected chi connectivity index (χ3v) is 5.14. The maximum absolute atomic E-state index is 10.8. The molecule has 29 heavy (non-hydrogen) atoms. The molecule has 0 aliphatic carbocycles. The van der Waals surface area contributed by atoms with Crippen LogP contribution in [0.15, 0.2) is 52.9 Å². The third kappa shape index (κ3) is 4.86. The fourth-order valence-corrected chi connectivity index (χ4v) is 3.35. The summed E-state index contributed by atoms with van der Waals surface area (Å²) in [4.78, 5) is 10.4. The number of hydrogen-bond donors (Lipinski definition) is 1. The summed E-state index contributed by atoms with van der Waals surface area (Å²) in [5, 5.41) is 21.4. The minimum atomic E-state index is -0.431. The predicted molar refractivity (Wildman–Crippen MR) is 110 cm³/mol. The summed E-state index contributed by atoms with van der Waals surface area (Å²) in [6.45, 7) is 8.61. The van der Waals surface area contributed by atoms with Gasteiger partial charge in [0.1, 0.15) is 6.04 Å². The molecule has 7 heteroatoms. The van der Waals surface area contributed by atoms with E-state index in [4.69, 9.17) is 4.42 Å². The molecule has 2 aromatic carbocycles. The van der Waals surface area contributed by atoms with E-state index in [-0.39, 0.29) is 17.8 Å². The van der Waals surface area contributed by atoms with Crippen LogP contribution in [0.5, 0.6) is 0 Å². The molecule has 0 saturated heterocycles. The number of quaternary nitrogens is 1. The molecule has 152 valence electrons. The van der Waals surface area contributed by atoms with Crippen molar-refractivity contribution in [2.45, 2.75) is 46.2 Å². The topological polar surface area (TPSA) is 98.7 Å². The van der Waals surface area contributed by atoms with Gasteiger partial charge in [-0.3, -0.25) is 10.1 Å². The highest BCUT2D eigenvalue weighted by Crippen LogP contribution is 2.24.